The summed E-state index contributed by atoms with van der Waals surface area (Å²) >= 11 is 0. The van der Waals surface area contributed by atoms with E-state index >= 15 is 0 Å². The maximum atomic E-state index is 12.9. The number of aromatic nitrogens is 1. The van der Waals surface area contributed by atoms with Crippen molar-refractivity contribution in [3.05, 3.63) is 71.7 Å². The molecule has 0 radical (unpaired) electrons. The Balaban J connectivity index is 1.24. The second-order valence-electron chi connectivity index (χ2n) is 8.83. The largest absolute Gasteiger partial charge is 0.489 e. The minimum absolute atomic E-state index is 0.0861. The fourth-order valence-corrected chi connectivity index (χ4v) is 4.93. The van der Waals surface area contributed by atoms with Crippen molar-refractivity contribution in [2.45, 2.75) is 63.4 Å². The number of pyridine rings is 1. The van der Waals surface area contributed by atoms with Gasteiger partial charge in [0.25, 0.3) is 5.91 Å². The molecule has 1 aromatic carbocycles. The molecule has 3 heterocycles. The van der Waals surface area contributed by atoms with E-state index in [1.165, 1.54) is 5.56 Å². The van der Waals surface area contributed by atoms with Gasteiger partial charge in [-0.15, -0.1) is 0 Å². The number of benzene rings is 1. The fourth-order valence-electron chi connectivity index (χ4n) is 4.93. The molecule has 3 atom stereocenters. The monoisotopic (exact) mass is 432 g/mol. The van der Waals surface area contributed by atoms with Gasteiger partial charge in [-0.2, -0.15) is 0 Å². The molecular weight excluding hydrogens is 404 g/mol. The van der Waals surface area contributed by atoms with E-state index in [2.05, 4.69) is 22.2 Å². The normalized spacial score (nSPS) is 25.1. The zero-order chi connectivity index (χ0) is 22.1. The van der Waals surface area contributed by atoms with Crippen LogP contribution in [0.2, 0.25) is 0 Å². The Hall–Kier alpha value is -3.19. The number of nitrogens with zero attached hydrogens (tertiary/aromatic N) is 2. The highest BCUT2D eigenvalue weighted by atomic mass is 16.5. The lowest BCUT2D eigenvalue weighted by Gasteiger charge is -2.30. The highest BCUT2D eigenvalue weighted by Gasteiger charge is 2.38. The molecule has 2 aliphatic heterocycles. The van der Waals surface area contributed by atoms with E-state index in [0.29, 0.717) is 24.9 Å². The second kappa shape index (κ2) is 8.74. The van der Waals surface area contributed by atoms with Crippen LogP contribution in [0.4, 0.5) is 0 Å². The number of nitrogens with one attached hydrogen (secondary N) is 2. The van der Waals surface area contributed by atoms with Crippen LogP contribution in [0.5, 0.6) is 5.75 Å². The van der Waals surface area contributed by atoms with Crippen LogP contribution < -0.4 is 15.4 Å². The lowest BCUT2D eigenvalue weighted by molar-refractivity contribution is -0.126. The summed E-state index contributed by atoms with van der Waals surface area (Å²) in [6, 6.07) is 9.55. The Morgan fingerprint density at radius 1 is 1.16 bits per heavy atom. The minimum atomic E-state index is -0.443. The number of hydrogen-bond donors (Lipinski definition) is 2. The first-order chi connectivity index (χ1) is 15.6. The molecule has 2 fully saturated rings. The number of amides is 2. The Bertz CT molecular complexity index is 1040. The Kier molecular flexibility index (Phi) is 5.66. The van der Waals surface area contributed by atoms with Gasteiger partial charge in [0.1, 0.15) is 17.9 Å². The molecule has 3 aliphatic rings. The summed E-state index contributed by atoms with van der Waals surface area (Å²) < 4.78 is 6.36. The molecule has 1 saturated carbocycles. The van der Waals surface area contributed by atoms with Crippen molar-refractivity contribution in [2.24, 2.45) is 0 Å². The van der Waals surface area contributed by atoms with Crippen LogP contribution in [-0.4, -0.2) is 39.9 Å². The molecule has 7 heteroatoms. The van der Waals surface area contributed by atoms with Gasteiger partial charge in [0.2, 0.25) is 5.91 Å². The maximum absolute atomic E-state index is 12.9. The van der Waals surface area contributed by atoms with Crippen LogP contribution in [0.1, 0.15) is 53.6 Å². The molecule has 0 spiro atoms. The van der Waals surface area contributed by atoms with Crippen molar-refractivity contribution < 1.29 is 14.3 Å². The summed E-state index contributed by atoms with van der Waals surface area (Å²) in [6.45, 7) is 5.04. The van der Waals surface area contributed by atoms with Crippen LogP contribution in [0, 0.1) is 0 Å². The lowest BCUT2D eigenvalue weighted by atomic mass is 10.0. The standard InChI is InChI=1S/C25H28N4O3/c1-16-5-8-22(24(30)28-16)29-15-18-13-19(6-7-20(18)25(29)31)32-23-4-2-3-21(23)27-14-17-9-11-26-12-10-17/h6-7,9-13,21-23,27H,1-5,8,14-15H2,(H,28,30). The van der Waals surface area contributed by atoms with Gasteiger partial charge in [-0.1, -0.05) is 6.58 Å². The quantitative estimate of drug-likeness (QED) is 0.733. The van der Waals surface area contributed by atoms with Gasteiger partial charge in [-0.25, -0.2) is 0 Å². The van der Waals surface area contributed by atoms with Gasteiger partial charge in [0, 0.05) is 42.8 Å². The summed E-state index contributed by atoms with van der Waals surface area (Å²) in [7, 11) is 0. The molecule has 0 bridgehead atoms. The highest BCUT2D eigenvalue weighted by molar-refractivity contribution is 6.01. The number of carbonyl (C=O) groups excluding carboxylic acids is 2. The number of hydrogen-bond acceptors (Lipinski definition) is 5. The predicted octanol–water partition coefficient (Wildman–Crippen LogP) is 2.92. The number of carbonyl (C=O) groups is 2. The van der Waals surface area contributed by atoms with Gasteiger partial charge >= 0.3 is 0 Å². The van der Waals surface area contributed by atoms with E-state index in [1.54, 1.807) is 4.90 Å². The van der Waals surface area contributed by atoms with E-state index in [9.17, 15) is 9.59 Å². The van der Waals surface area contributed by atoms with Crippen LogP contribution in [0.3, 0.4) is 0 Å². The molecule has 5 rings (SSSR count). The number of fused-ring (bicyclic) bond motifs is 1. The molecular formula is C25H28N4O3. The SMILES string of the molecule is C=C1CCC(N2Cc3cc(OC4CCCC4NCc4ccncc4)ccc3C2=O)C(=O)N1. The van der Waals surface area contributed by atoms with Gasteiger partial charge < -0.3 is 20.3 Å². The summed E-state index contributed by atoms with van der Waals surface area (Å²) in [4.78, 5) is 31.0. The zero-order valence-electron chi connectivity index (χ0n) is 18.0. The summed E-state index contributed by atoms with van der Waals surface area (Å²) in [6.07, 6.45) is 8.22. The lowest BCUT2D eigenvalue weighted by Crippen LogP contribution is -2.49. The molecule has 1 saturated heterocycles. The van der Waals surface area contributed by atoms with Crippen molar-refractivity contribution in [1.82, 2.24) is 20.5 Å². The van der Waals surface area contributed by atoms with Gasteiger partial charge in [-0.05, 0) is 73.6 Å². The Morgan fingerprint density at radius 3 is 2.81 bits per heavy atom. The first kappa shape index (κ1) is 20.7. The smallest absolute Gasteiger partial charge is 0.255 e. The van der Waals surface area contributed by atoms with Crippen molar-refractivity contribution in [1.29, 1.82) is 0 Å². The summed E-state index contributed by atoms with van der Waals surface area (Å²) in [5.74, 6) is 0.549. The number of ether oxygens (including phenoxy) is 1. The topological polar surface area (TPSA) is 83.6 Å². The fraction of sp³-hybridized carbons (Fsp3) is 0.400. The average molecular weight is 433 g/mol. The van der Waals surface area contributed by atoms with Crippen LogP contribution >= 0.6 is 0 Å². The van der Waals surface area contributed by atoms with Gasteiger partial charge in [0.05, 0.1) is 0 Å². The van der Waals surface area contributed by atoms with Crippen molar-refractivity contribution in [2.75, 3.05) is 0 Å². The first-order valence-corrected chi connectivity index (χ1v) is 11.3. The predicted molar refractivity (Wildman–Crippen MR) is 120 cm³/mol. The Morgan fingerprint density at radius 2 is 2.00 bits per heavy atom. The third-order valence-corrected chi connectivity index (χ3v) is 6.66. The maximum Gasteiger partial charge on any atom is 0.255 e. The van der Waals surface area contributed by atoms with E-state index in [-0.39, 0.29) is 24.0 Å². The molecule has 2 N–H and O–H groups in total. The number of piperidine rings is 1. The summed E-state index contributed by atoms with van der Waals surface area (Å²) in [5.41, 5.74) is 3.50. The third kappa shape index (κ3) is 4.12. The van der Waals surface area contributed by atoms with Gasteiger partial charge in [0.15, 0.2) is 0 Å². The zero-order valence-corrected chi connectivity index (χ0v) is 18.0. The molecule has 2 aromatic rings. The van der Waals surface area contributed by atoms with E-state index in [4.69, 9.17) is 4.74 Å². The van der Waals surface area contributed by atoms with E-state index < -0.39 is 6.04 Å². The number of allylic oxidation sites excluding steroid dienone is 1. The molecule has 1 aliphatic carbocycles. The molecule has 1 aromatic heterocycles. The molecule has 166 valence electrons. The first-order valence-electron chi connectivity index (χ1n) is 11.3. The second-order valence-corrected chi connectivity index (χ2v) is 8.83. The highest BCUT2D eigenvalue weighted by Crippen LogP contribution is 2.32. The molecule has 2 amide bonds. The van der Waals surface area contributed by atoms with Crippen LogP contribution in [0.25, 0.3) is 0 Å². The van der Waals surface area contributed by atoms with E-state index in [1.807, 2.05) is 42.7 Å². The van der Waals surface area contributed by atoms with Crippen LogP contribution in [0.15, 0.2) is 55.0 Å². The Labute approximate surface area is 187 Å². The van der Waals surface area contributed by atoms with Gasteiger partial charge in [-0.3, -0.25) is 14.6 Å². The number of rotatable bonds is 6. The summed E-state index contributed by atoms with van der Waals surface area (Å²) in [5, 5.41) is 6.40. The third-order valence-electron chi connectivity index (χ3n) is 6.66. The van der Waals surface area contributed by atoms with E-state index in [0.717, 1.165) is 42.8 Å². The van der Waals surface area contributed by atoms with Crippen molar-refractivity contribution in [3.63, 3.8) is 0 Å². The molecule has 7 nitrogen and oxygen atoms in total. The van der Waals surface area contributed by atoms with Crippen molar-refractivity contribution >= 4 is 11.8 Å². The van der Waals surface area contributed by atoms with Crippen molar-refractivity contribution in [3.8, 4) is 5.75 Å². The molecule has 3 unspecified atom stereocenters. The average Bonchev–Trinajstić information content (AvgIpc) is 3.37. The minimum Gasteiger partial charge on any atom is -0.489 e. The molecule has 32 heavy (non-hydrogen) atoms. The van der Waals surface area contributed by atoms with Crippen LogP contribution in [-0.2, 0) is 17.9 Å².